The number of aliphatic hydroxyl groups is 1. The van der Waals surface area contributed by atoms with Crippen LogP contribution in [0, 0.1) is 5.92 Å². The highest BCUT2D eigenvalue weighted by atomic mass is 32.2. The minimum absolute atomic E-state index is 0.237. The summed E-state index contributed by atoms with van der Waals surface area (Å²) in [5, 5.41) is 10.5. The van der Waals surface area contributed by atoms with Gasteiger partial charge in [0.25, 0.3) is 0 Å². The summed E-state index contributed by atoms with van der Waals surface area (Å²) in [6.07, 6.45) is 7.31. The fraction of sp³-hybridized carbons (Fsp3) is 1.00. The van der Waals surface area contributed by atoms with E-state index in [1.54, 1.807) is 11.4 Å². The predicted molar refractivity (Wildman–Crippen MR) is 78.0 cm³/mol. The van der Waals surface area contributed by atoms with Gasteiger partial charge in [-0.15, -0.1) is 0 Å². The smallest absolute Gasteiger partial charge is 0.211 e. The number of hydrogen-bond donors (Lipinski definition) is 1. The third-order valence-corrected chi connectivity index (χ3v) is 6.24. The number of aliphatic hydroxyl groups excluding tert-OH is 1. The van der Waals surface area contributed by atoms with Crippen LogP contribution in [0.15, 0.2) is 0 Å². The van der Waals surface area contributed by atoms with E-state index < -0.39 is 21.7 Å². The maximum Gasteiger partial charge on any atom is 0.211 e. The Morgan fingerprint density at radius 1 is 1.35 bits per heavy atom. The van der Waals surface area contributed by atoms with Gasteiger partial charge in [-0.05, 0) is 38.0 Å². The molecule has 0 amide bonds. The van der Waals surface area contributed by atoms with Gasteiger partial charge in [0.2, 0.25) is 10.0 Å². The summed E-state index contributed by atoms with van der Waals surface area (Å²) >= 11 is 0. The van der Waals surface area contributed by atoms with Gasteiger partial charge in [0.15, 0.2) is 0 Å². The van der Waals surface area contributed by atoms with Crippen LogP contribution < -0.4 is 0 Å². The maximum atomic E-state index is 11.6. The average Bonchev–Trinajstić information content (AvgIpc) is 2.88. The zero-order valence-corrected chi connectivity index (χ0v) is 13.4. The molecule has 1 aliphatic heterocycles. The fourth-order valence-electron chi connectivity index (χ4n) is 3.70. The fourth-order valence-corrected chi connectivity index (χ4v) is 4.64. The van der Waals surface area contributed by atoms with Gasteiger partial charge in [-0.3, -0.25) is 0 Å². The standard InChI is InChI=1S/C14H27NO4S/c1-19-14(7-3-4-8-14)13(16)10-12-6-5-9-15(11-12)20(2,17)18/h12-13,16H,3-11H2,1-2H3. The summed E-state index contributed by atoms with van der Waals surface area (Å²) in [7, 11) is -1.44. The summed E-state index contributed by atoms with van der Waals surface area (Å²) in [5.41, 5.74) is -0.395. The lowest BCUT2D eigenvalue weighted by atomic mass is 9.85. The summed E-state index contributed by atoms with van der Waals surface area (Å²) in [6, 6.07) is 0. The van der Waals surface area contributed by atoms with Crippen molar-refractivity contribution < 1.29 is 18.3 Å². The lowest BCUT2D eigenvalue weighted by Gasteiger charge is -2.37. The van der Waals surface area contributed by atoms with Crippen LogP contribution in [-0.2, 0) is 14.8 Å². The topological polar surface area (TPSA) is 66.8 Å². The van der Waals surface area contributed by atoms with Gasteiger partial charge < -0.3 is 9.84 Å². The van der Waals surface area contributed by atoms with E-state index in [9.17, 15) is 13.5 Å². The number of ether oxygens (including phenoxy) is 1. The van der Waals surface area contributed by atoms with Gasteiger partial charge in [-0.2, -0.15) is 0 Å². The largest absolute Gasteiger partial charge is 0.390 e. The van der Waals surface area contributed by atoms with E-state index >= 15 is 0 Å². The molecule has 1 saturated carbocycles. The molecule has 2 unspecified atom stereocenters. The van der Waals surface area contributed by atoms with Crippen molar-refractivity contribution in [2.45, 2.75) is 56.7 Å². The lowest BCUT2D eigenvalue weighted by molar-refractivity contribution is -0.107. The average molecular weight is 305 g/mol. The molecule has 0 aromatic carbocycles. The number of methoxy groups -OCH3 is 1. The highest BCUT2D eigenvalue weighted by molar-refractivity contribution is 7.88. The Hall–Kier alpha value is -0.170. The Morgan fingerprint density at radius 3 is 2.55 bits per heavy atom. The van der Waals surface area contributed by atoms with E-state index in [0.717, 1.165) is 38.5 Å². The molecule has 1 aliphatic carbocycles. The molecule has 0 spiro atoms. The first kappa shape index (κ1) is 16.2. The quantitative estimate of drug-likeness (QED) is 0.833. The van der Waals surface area contributed by atoms with Crippen LogP contribution >= 0.6 is 0 Å². The molecule has 0 aromatic heterocycles. The molecule has 6 heteroatoms. The van der Waals surface area contributed by atoms with Crippen LogP contribution in [0.1, 0.15) is 44.9 Å². The first-order valence-corrected chi connectivity index (χ1v) is 9.40. The van der Waals surface area contributed by atoms with Crippen molar-refractivity contribution in [3.8, 4) is 0 Å². The number of piperidine rings is 1. The maximum absolute atomic E-state index is 11.6. The lowest BCUT2D eigenvalue weighted by Crippen LogP contribution is -2.45. The van der Waals surface area contributed by atoms with Crippen LogP contribution in [0.2, 0.25) is 0 Å². The Morgan fingerprint density at radius 2 is 2.00 bits per heavy atom. The molecule has 118 valence electrons. The van der Waals surface area contributed by atoms with Gasteiger partial charge in [-0.25, -0.2) is 12.7 Å². The Balaban J connectivity index is 1.95. The van der Waals surface area contributed by atoms with E-state index in [-0.39, 0.29) is 5.92 Å². The predicted octanol–water partition coefficient (Wildman–Crippen LogP) is 1.37. The van der Waals surface area contributed by atoms with Gasteiger partial charge in [0.1, 0.15) is 0 Å². The summed E-state index contributed by atoms with van der Waals surface area (Å²) in [5.74, 6) is 0.237. The Bertz CT molecular complexity index is 417. The summed E-state index contributed by atoms with van der Waals surface area (Å²) in [6.45, 7) is 1.15. The van der Waals surface area contributed by atoms with Crippen molar-refractivity contribution in [3.63, 3.8) is 0 Å². The van der Waals surface area contributed by atoms with Crippen molar-refractivity contribution in [2.24, 2.45) is 5.92 Å². The third kappa shape index (κ3) is 3.53. The van der Waals surface area contributed by atoms with E-state index in [1.165, 1.54) is 6.26 Å². The number of hydrogen-bond acceptors (Lipinski definition) is 4. The van der Waals surface area contributed by atoms with Crippen LogP contribution in [0.25, 0.3) is 0 Å². The first-order chi connectivity index (χ1) is 9.37. The molecule has 2 aliphatic rings. The molecule has 1 saturated heterocycles. The molecule has 2 atom stereocenters. The summed E-state index contributed by atoms with van der Waals surface area (Å²) in [4.78, 5) is 0. The molecule has 0 bridgehead atoms. The molecular weight excluding hydrogens is 278 g/mol. The molecule has 0 radical (unpaired) electrons. The second-order valence-corrected chi connectivity index (χ2v) is 8.34. The van der Waals surface area contributed by atoms with Crippen LogP contribution in [0.4, 0.5) is 0 Å². The van der Waals surface area contributed by atoms with Crippen LogP contribution in [-0.4, -0.2) is 56.0 Å². The van der Waals surface area contributed by atoms with Crippen molar-refractivity contribution in [1.29, 1.82) is 0 Å². The minimum atomic E-state index is -3.11. The van der Waals surface area contributed by atoms with Gasteiger partial charge >= 0.3 is 0 Å². The highest BCUT2D eigenvalue weighted by Gasteiger charge is 2.42. The van der Waals surface area contributed by atoms with Crippen LogP contribution in [0.5, 0.6) is 0 Å². The first-order valence-electron chi connectivity index (χ1n) is 7.56. The second kappa shape index (κ2) is 6.30. The monoisotopic (exact) mass is 305 g/mol. The highest BCUT2D eigenvalue weighted by Crippen LogP contribution is 2.38. The normalized spacial score (nSPS) is 29.4. The van der Waals surface area contributed by atoms with Crippen LogP contribution in [0.3, 0.4) is 0 Å². The number of rotatable bonds is 5. The number of nitrogens with zero attached hydrogens (tertiary/aromatic N) is 1. The van der Waals surface area contributed by atoms with E-state index in [0.29, 0.717) is 19.5 Å². The van der Waals surface area contributed by atoms with Gasteiger partial charge in [0, 0.05) is 20.2 Å². The van der Waals surface area contributed by atoms with Crippen molar-refractivity contribution in [2.75, 3.05) is 26.5 Å². The zero-order chi connectivity index (χ0) is 14.8. The molecular formula is C14H27NO4S. The second-order valence-electron chi connectivity index (χ2n) is 6.36. The third-order valence-electron chi connectivity index (χ3n) is 4.97. The Labute approximate surface area is 122 Å². The summed E-state index contributed by atoms with van der Waals surface area (Å²) < 4.78 is 30.4. The van der Waals surface area contributed by atoms with Gasteiger partial charge in [0.05, 0.1) is 18.0 Å². The van der Waals surface area contributed by atoms with Gasteiger partial charge in [-0.1, -0.05) is 12.8 Å². The minimum Gasteiger partial charge on any atom is -0.390 e. The molecule has 2 fully saturated rings. The molecule has 0 aromatic rings. The SMILES string of the molecule is COC1(C(O)CC2CCCN(S(C)(=O)=O)C2)CCCC1. The number of sulfonamides is 1. The van der Waals surface area contributed by atoms with E-state index in [2.05, 4.69) is 0 Å². The Kier molecular flexibility index (Phi) is 5.10. The molecule has 2 rings (SSSR count). The van der Waals surface area contributed by atoms with Crippen molar-refractivity contribution in [3.05, 3.63) is 0 Å². The van der Waals surface area contributed by atoms with Crippen molar-refractivity contribution in [1.82, 2.24) is 4.31 Å². The van der Waals surface area contributed by atoms with Crippen molar-refractivity contribution >= 4 is 10.0 Å². The molecule has 1 heterocycles. The van der Waals surface area contributed by atoms with E-state index in [4.69, 9.17) is 4.74 Å². The molecule has 20 heavy (non-hydrogen) atoms. The zero-order valence-electron chi connectivity index (χ0n) is 12.5. The molecule has 5 nitrogen and oxygen atoms in total. The molecule has 1 N–H and O–H groups in total. The van der Waals surface area contributed by atoms with E-state index in [1.807, 2.05) is 0 Å².